The van der Waals surface area contributed by atoms with E-state index < -0.39 is 11.7 Å². The minimum Gasteiger partial charge on any atom is -0.477 e. The number of hydrogen-bond donors (Lipinski definition) is 1. The van der Waals surface area contributed by atoms with Crippen LogP contribution in [0.5, 0.6) is 5.88 Å². The van der Waals surface area contributed by atoms with Crippen LogP contribution in [0.3, 0.4) is 0 Å². The number of pyridine rings is 1. The molecule has 134 valence electrons. The normalized spacial score (nSPS) is 16.3. The molecule has 2 N–H and O–H groups in total. The monoisotopic (exact) mass is 364 g/mol. The molecule has 0 radical (unpaired) electrons. The van der Waals surface area contributed by atoms with Gasteiger partial charge in [0.2, 0.25) is 5.88 Å². The smallest absolute Gasteiger partial charge is 0.417 e. The first-order valence-electron chi connectivity index (χ1n) is 7.78. The van der Waals surface area contributed by atoms with E-state index in [0.717, 1.165) is 32.0 Å². The van der Waals surface area contributed by atoms with Gasteiger partial charge in [0.05, 0.1) is 12.2 Å². The lowest BCUT2D eigenvalue weighted by molar-refractivity contribution is -0.137. The fourth-order valence-electron chi connectivity index (χ4n) is 2.34. The lowest BCUT2D eigenvalue weighted by Gasteiger charge is -2.27. The van der Waals surface area contributed by atoms with Crippen LogP contribution in [0.15, 0.2) is 17.3 Å². The zero-order valence-electron chi connectivity index (χ0n) is 13.2. The lowest BCUT2D eigenvalue weighted by Crippen LogP contribution is -2.40. The number of aromatic nitrogens is 1. The van der Waals surface area contributed by atoms with Crippen LogP contribution in [0.4, 0.5) is 13.2 Å². The van der Waals surface area contributed by atoms with Crippen molar-refractivity contribution in [3.63, 3.8) is 0 Å². The third-order valence-electron chi connectivity index (χ3n) is 3.63. The molecular weight excluding hydrogens is 345 g/mol. The van der Waals surface area contributed by atoms with Crippen molar-refractivity contribution in [1.82, 2.24) is 9.88 Å². The Morgan fingerprint density at radius 3 is 2.67 bits per heavy atom. The SMILES string of the molecule is NC(=NCCCOc1ncc(C(F)(F)F)cc1Cl)N1CCCCC1. The number of alkyl halides is 3. The maximum Gasteiger partial charge on any atom is 0.417 e. The first-order chi connectivity index (χ1) is 11.4. The van der Waals surface area contributed by atoms with Gasteiger partial charge in [-0.3, -0.25) is 4.99 Å². The second-order valence-corrected chi connectivity index (χ2v) is 5.91. The third kappa shape index (κ3) is 5.43. The van der Waals surface area contributed by atoms with Crippen molar-refractivity contribution in [2.45, 2.75) is 31.9 Å². The highest BCUT2D eigenvalue weighted by molar-refractivity contribution is 6.31. The molecule has 0 amide bonds. The molecule has 1 aromatic heterocycles. The standard InChI is InChI=1S/C15H20ClF3N4O/c16-12-9-11(15(17,18)19)10-22-13(12)24-8-4-5-21-14(20)23-6-2-1-3-7-23/h9-10H,1-8H2,(H2,20,21). The number of rotatable bonds is 5. The Bertz CT molecular complexity index is 574. The van der Waals surface area contributed by atoms with Crippen LogP contribution in [-0.2, 0) is 6.18 Å². The van der Waals surface area contributed by atoms with Crippen LogP contribution in [0, 0.1) is 0 Å². The molecule has 24 heavy (non-hydrogen) atoms. The highest BCUT2D eigenvalue weighted by atomic mass is 35.5. The number of nitrogens with two attached hydrogens (primary N) is 1. The van der Waals surface area contributed by atoms with E-state index in [1.807, 2.05) is 0 Å². The Labute approximate surface area is 143 Å². The van der Waals surface area contributed by atoms with Gasteiger partial charge in [0.15, 0.2) is 5.96 Å². The van der Waals surface area contributed by atoms with E-state index in [2.05, 4.69) is 14.9 Å². The van der Waals surface area contributed by atoms with E-state index in [9.17, 15) is 13.2 Å². The van der Waals surface area contributed by atoms with Crippen molar-refractivity contribution in [1.29, 1.82) is 0 Å². The van der Waals surface area contributed by atoms with E-state index in [1.54, 1.807) is 0 Å². The summed E-state index contributed by atoms with van der Waals surface area (Å²) in [4.78, 5) is 9.95. The molecule has 0 bridgehead atoms. The summed E-state index contributed by atoms with van der Waals surface area (Å²) in [5.74, 6) is 0.512. The van der Waals surface area contributed by atoms with Gasteiger partial charge in [-0.1, -0.05) is 11.6 Å². The Kier molecular flexibility index (Phi) is 6.53. The van der Waals surface area contributed by atoms with Gasteiger partial charge < -0.3 is 15.4 Å². The van der Waals surface area contributed by atoms with Gasteiger partial charge in [-0.15, -0.1) is 0 Å². The lowest BCUT2D eigenvalue weighted by atomic mass is 10.1. The summed E-state index contributed by atoms with van der Waals surface area (Å²) in [6, 6.07) is 0.802. The summed E-state index contributed by atoms with van der Waals surface area (Å²) < 4.78 is 42.8. The molecule has 2 heterocycles. The van der Waals surface area contributed by atoms with Crippen molar-refractivity contribution < 1.29 is 17.9 Å². The number of likely N-dealkylation sites (tertiary alicyclic amines) is 1. The van der Waals surface area contributed by atoms with Crippen molar-refractivity contribution in [3.8, 4) is 5.88 Å². The molecule has 9 heteroatoms. The van der Waals surface area contributed by atoms with Crippen LogP contribution < -0.4 is 10.5 Å². The summed E-state index contributed by atoms with van der Waals surface area (Å²) in [5, 5.41) is -0.166. The molecular formula is C15H20ClF3N4O. The average molecular weight is 365 g/mol. The fourth-order valence-corrected chi connectivity index (χ4v) is 2.56. The summed E-state index contributed by atoms with van der Waals surface area (Å²) in [6.07, 6.45) is 0.254. The molecule has 1 saturated heterocycles. The molecule has 0 aromatic carbocycles. The first kappa shape index (κ1) is 18.6. The molecule has 1 aliphatic rings. The molecule has 0 saturated carbocycles. The number of hydrogen-bond acceptors (Lipinski definition) is 3. The molecule has 0 atom stereocenters. The Balaban J connectivity index is 1.76. The van der Waals surface area contributed by atoms with Crippen LogP contribution in [0.2, 0.25) is 5.02 Å². The predicted molar refractivity (Wildman–Crippen MR) is 86.3 cm³/mol. The second kappa shape index (κ2) is 8.41. The van der Waals surface area contributed by atoms with Crippen LogP contribution in [-0.4, -0.2) is 42.1 Å². The number of ether oxygens (including phenoxy) is 1. The Hall–Kier alpha value is -1.70. The zero-order chi connectivity index (χ0) is 17.6. The van der Waals surface area contributed by atoms with Gasteiger partial charge in [-0.05, 0) is 25.3 Å². The van der Waals surface area contributed by atoms with Crippen molar-refractivity contribution in [3.05, 3.63) is 22.8 Å². The fraction of sp³-hybridized carbons (Fsp3) is 0.600. The summed E-state index contributed by atoms with van der Waals surface area (Å²) in [5.41, 5.74) is 5.01. The molecule has 0 aliphatic carbocycles. The van der Waals surface area contributed by atoms with Gasteiger partial charge in [0.25, 0.3) is 0 Å². The van der Waals surface area contributed by atoms with Gasteiger partial charge in [0, 0.05) is 32.3 Å². The summed E-state index contributed by atoms with van der Waals surface area (Å²) in [6.45, 7) is 2.57. The van der Waals surface area contributed by atoms with E-state index in [1.165, 1.54) is 6.42 Å². The van der Waals surface area contributed by atoms with Crippen molar-refractivity contribution in [2.24, 2.45) is 10.7 Å². The molecule has 5 nitrogen and oxygen atoms in total. The average Bonchev–Trinajstić information content (AvgIpc) is 2.55. The van der Waals surface area contributed by atoms with E-state index in [4.69, 9.17) is 22.1 Å². The highest BCUT2D eigenvalue weighted by Crippen LogP contribution is 2.33. The largest absolute Gasteiger partial charge is 0.477 e. The van der Waals surface area contributed by atoms with Gasteiger partial charge in [-0.25, -0.2) is 4.98 Å². The van der Waals surface area contributed by atoms with Crippen LogP contribution >= 0.6 is 11.6 Å². The topological polar surface area (TPSA) is 63.7 Å². The molecule has 1 fully saturated rings. The molecule has 2 rings (SSSR count). The number of halogens is 4. The minimum absolute atomic E-state index is 0.0161. The van der Waals surface area contributed by atoms with Crippen molar-refractivity contribution in [2.75, 3.05) is 26.2 Å². The first-order valence-corrected chi connectivity index (χ1v) is 8.16. The maximum absolute atomic E-state index is 12.5. The minimum atomic E-state index is -4.48. The Morgan fingerprint density at radius 1 is 1.33 bits per heavy atom. The molecule has 1 aromatic rings. The van der Waals surface area contributed by atoms with Gasteiger partial charge >= 0.3 is 6.18 Å². The second-order valence-electron chi connectivity index (χ2n) is 5.50. The predicted octanol–water partition coefficient (Wildman–Crippen LogP) is 3.32. The van der Waals surface area contributed by atoms with E-state index >= 15 is 0 Å². The number of piperidine rings is 1. The van der Waals surface area contributed by atoms with Crippen molar-refractivity contribution >= 4 is 17.6 Å². The third-order valence-corrected chi connectivity index (χ3v) is 3.90. The van der Waals surface area contributed by atoms with E-state index in [0.29, 0.717) is 25.1 Å². The maximum atomic E-state index is 12.5. The van der Waals surface area contributed by atoms with Crippen LogP contribution in [0.25, 0.3) is 0 Å². The molecule has 1 aliphatic heterocycles. The van der Waals surface area contributed by atoms with Gasteiger partial charge in [0.1, 0.15) is 5.02 Å². The van der Waals surface area contributed by atoms with E-state index in [-0.39, 0.29) is 17.5 Å². The number of guanidine groups is 1. The number of aliphatic imine (C=N–C) groups is 1. The van der Waals surface area contributed by atoms with Gasteiger partial charge in [-0.2, -0.15) is 13.2 Å². The van der Waals surface area contributed by atoms with Crippen LogP contribution in [0.1, 0.15) is 31.2 Å². The Morgan fingerprint density at radius 2 is 2.04 bits per heavy atom. The molecule has 0 spiro atoms. The summed E-state index contributed by atoms with van der Waals surface area (Å²) in [7, 11) is 0. The zero-order valence-corrected chi connectivity index (χ0v) is 13.9. The summed E-state index contributed by atoms with van der Waals surface area (Å²) >= 11 is 5.76. The molecule has 0 unspecified atom stereocenters. The quantitative estimate of drug-likeness (QED) is 0.494. The highest BCUT2D eigenvalue weighted by Gasteiger charge is 2.31. The number of nitrogens with zero attached hydrogens (tertiary/aromatic N) is 3.